The zero-order valence-corrected chi connectivity index (χ0v) is 15.9. The first-order valence-electron chi connectivity index (χ1n) is 8.53. The quantitative estimate of drug-likeness (QED) is 0.685. The highest BCUT2D eigenvalue weighted by Gasteiger charge is 2.23. The van der Waals surface area contributed by atoms with Crippen LogP contribution in [0.2, 0.25) is 0 Å². The SMILES string of the molecule is COC(=O)c1cccn1C1CCN(CCOc2ccc(Br)cc2)CC1. The molecule has 1 aromatic carbocycles. The summed E-state index contributed by atoms with van der Waals surface area (Å²) in [6.07, 6.45) is 4.02. The Bertz CT molecular complexity index is 691. The third-order valence-corrected chi connectivity index (χ3v) is 5.14. The van der Waals surface area contributed by atoms with E-state index in [4.69, 9.17) is 9.47 Å². The summed E-state index contributed by atoms with van der Waals surface area (Å²) in [5.41, 5.74) is 0.638. The van der Waals surface area contributed by atoms with Gasteiger partial charge in [0, 0.05) is 36.3 Å². The topological polar surface area (TPSA) is 43.7 Å². The minimum atomic E-state index is -0.268. The molecule has 0 saturated carbocycles. The molecule has 5 nitrogen and oxygen atoms in total. The summed E-state index contributed by atoms with van der Waals surface area (Å²) in [6, 6.07) is 12.0. The largest absolute Gasteiger partial charge is 0.492 e. The van der Waals surface area contributed by atoms with E-state index >= 15 is 0 Å². The summed E-state index contributed by atoms with van der Waals surface area (Å²) in [5.74, 6) is 0.628. The van der Waals surface area contributed by atoms with E-state index in [1.807, 2.05) is 42.6 Å². The van der Waals surface area contributed by atoms with Crippen molar-refractivity contribution in [2.45, 2.75) is 18.9 Å². The van der Waals surface area contributed by atoms with Gasteiger partial charge in [-0.3, -0.25) is 4.90 Å². The van der Waals surface area contributed by atoms with Gasteiger partial charge in [0.1, 0.15) is 18.1 Å². The molecule has 0 aliphatic carbocycles. The summed E-state index contributed by atoms with van der Waals surface area (Å²) < 4.78 is 13.8. The Morgan fingerprint density at radius 2 is 1.92 bits per heavy atom. The van der Waals surface area contributed by atoms with Crippen LogP contribution in [-0.4, -0.2) is 48.8 Å². The van der Waals surface area contributed by atoms with Crippen molar-refractivity contribution in [1.82, 2.24) is 9.47 Å². The second-order valence-corrected chi connectivity index (χ2v) is 7.08. The minimum absolute atomic E-state index is 0.268. The zero-order valence-electron chi connectivity index (χ0n) is 14.4. The Hall–Kier alpha value is -1.79. The first-order chi connectivity index (χ1) is 12.2. The van der Waals surface area contributed by atoms with Crippen molar-refractivity contribution in [2.24, 2.45) is 0 Å². The van der Waals surface area contributed by atoms with Crippen LogP contribution < -0.4 is 4.74 Å². The Kier molecular flexibility index (Phi) is 6.15. The predicted molar refractivity (Wildman–Crippen MR) is 100 cm³/mol. The van der Waals surface area contributed by atoms with Crippen LogP contribution in [0.15, 0.2) is 47.1 Å². The van der Waals surface area contributed by atoms with Gasteiger partial charge in [0.2, 0.25) is 0 Å². The normalized spacial score (nSPS) is 15.9. The fourth-order valence-electron chi connectivity index (χ4n) is 3.23. The third kappa shape index (κ3) is 4.64. The molecule has 0 N–H and O–H groups in total. The maximum absolute atomic E-state index is 11.8. The molecule has 0 spiro atoms. The van der Waals surface area contributed by atoms with E-state index in [2.05, 4.69) is 25.4 Å². The molecule has 0 bridgehead atoms. The van der Waals surface area contributed by atoms with E-state index in [-0.39, 0.29) is 5.97 Å². The molecule has 1 saturated heterocycles. The fourth-order valence-corrected chi connectivity index (χ4v) is 3.50. The van der Waals surface area contributed by atoms with Crippen LogP contribution in [0.4, 0.5) is 0 Å². The minimum Gasteiger partial charge on any atom is -0.492 e. The summed E-state index contributed by atoms with van der Waals surface area (Å²) >= 11 is 3.42. The van der Waals surface area contributed by atoms with Gasteiger partial charge in [0.05, 0.1) is 7.11 Å². The number of nitrogens with zero attached hydrogens (tertiary/aromatic N) is 2. The second kappa shape index (κ2) is 8.54. The van der Waals surface area contributed by atoms with Crippen LogP contribution in [-0.2, 0) is 4.74 Å². The van der Waals surface area contributed by atoms with E-state index in [1.165, 1.54) is 7.11 Å². The van der Waals surface area contributed by atoms with Gasteiger partial charge in [-0.25, -0.2) is 4.79 Å². The molecular weight excluding hydrogens is 384 g/mol. The first kappa shape index (κ1) is 18.0. The monoisotopic (exact) mass is 406 g/mol. The average Bonchev–Trinajstić information content (AvgIpc) is 3.13. The molecule has 1 fully saturated rings. The number of carbonyl (C=O) groups excluding carboxylic acids is 1. The number of hydrogen-bond acceptors (Lipinski definition) is 4. The molecule has 0 radical (unpaired) electrons. The van der Waals surface area contributed by atoms with Crippen LogP contribution in [0.3, 0.4) is 0 Å². The molecule has 0 unspecified atom stereocenters. The Morgan fingerprint density at radius 3 is 2.60 bits per heavy atom. The van der Waals surface area contributed by atoms with Crippen molar-refractivity contribution in [1.29, 1.82) is 0 Å². The van der Waals surface area contributed by atoms with Crippen LogP contribution >= 0.6 is 15.9 Å². The van der Waals surface area contributed by atoms with Crippen molar-refractivity contribution < 1.29 is 14.3 Å². The van der Waals surface area contributed by atoms with Gasteiger partial charge < -0.3 is 14.0 Å². The van der Waals surface area contributed by atoms with Crippen molar-refractivity contribution in [3.8, 4) is 5.75 Å². The number of piperidine rings is 1. The van der Waals surface area contributed by atoms with Gasteiger partial charge in [0.25, 0.3) is 0 Å². The highest BCUT2D eigenvalue weighted by atomic mass is 79.9. The van der Waals surface area contributed by atoms with E-state index in [9.17, 15) is 4.79 Å². The number of aromatic nitrogens is 1. The van der Waals surface area contributed by atoms with Crippen LogP contribution in [0.5, 0.6) is 5.75 Å². The molecule has 2 aromatic rings. The molecule has 3 rings (SSSR count). The number of esters is 1. The van der Waals surface area contributed by atoms with Gasteiger partial charge in [-0.2, -0.15) is 0 Å². The third-order valence-electron chi connectivity index (χ3n) is 4.61. The van der Waals surface area contributed by atoms with Gasteiger partial charge in [-0.05, 0) is 49.2 Å². The standard InChI is InChI=1S/C19H23BrN2O3/c1-24-19(23)18-3-2-10-22(18)16-8-11-21(12-9-16)13-14-25-17-6-4-15(20)5-7-17/h2-7,10,16H,8-9,11-14H2,1H3. The number of rotatable bonds is 6. The average molecular weight is 407 g/mol. The van der Waals surface area contributed by atoms with Gasteiger partial charge in [-0.15, -0.1) is 0 Å². The molecular formula is C19H23BrN2O3. The van der Waals surface area contributed by atoms with Gasteiger partial charge in [-0.1, -0.05) is 15.9 Å². The molecule has 134 valence electrons. The molecule has 0 amide bonds. The molecule has 1 aliphatic rings. The number of carbonyl (C=O) groups is 1. The van der Waals surface area contributed by atoms with Gasteiger partial charge in [0.15, 0.2) is 0 Å². The molecule has 6 heteroatoms. The highest BCUT2D eigenvalue weighted by molar-refractivity contribution is 9.10. The number of hydrogen-bond donors (Lipinski definition) is 0. The Morgan fingerprint density at radius 1 is 1.20 bits per heavy atom. The summed E-state index contributed by atoms with van der Waals surface area (Å²) in [7, 11) is 1.42. The Labute approximate surface area is 156 Å². The second-order valence-electron chi connectivity index (χ2n) is 6.17. The van der Waals surface area contributed by atoms with E-state index < -0.39 is 0 Å². The summed E-state index contributed by atoms with van der Waals surface area (Å²) in [4.78, 5) is 14.2. The molecule has 2 heterocycles. The van der Waals surface area contributed by atoms with Crippen LogP contribution in [0, 0.1) is 0 Å². The smallest absolute Gasteiger partial charge is 0.354 e. The Balaban J connectivity index is 1.45. The number of ether oxygens (including phenoxy) is 2. The highest BCUT2D eigenvalue weighted by Crippen LogP contribution is 2.25. The molecule has 0 atom stereocenters. The molecule has 1 aliphatic heterocycles. The van der Waals surface area contributed by atoms with Crippen molar-refractivity contribution >= 4 is 21.9 Å². The lowest BCUT2D eigenvalue weighted by molar-refractivity contribution is 0.0581. The number of methoxy groups -OCH3 is 1. The fraction of sp³-hybridized carbons (Fsp3) is 0.421. The first-order valence-corrected chi connectivity index (χ1v) is 9.32. The summed E-state index contributed by atoms with van der Waals surface area (Å²) in [5, 5.41) is 0. The lowest BCUT2D eigenvalue weighted by Crippen LogP contribution is -2.37. The lowest BCUT2D eigenvalue weighted by Gasteiger charge is -2.33. The predicted octanol–water partition coefficient (Wildman–Crippen LogP) is 3.75. The van der Waals surface area contributed by atoms with Crippen molar-refractivity contribution in [3.63, 3.8) is 0 Å². The van der Waals surface area contributed by atoms with Crippen molar-refractivity contribution in [2.75, 3.05) is 33.4 Å². The maximum atomic E-state index is 11.8. The summed E-state index contributed by atoms with van der Waals surface area (Å²) in [6.45, 7) is 3.61. The lowest BCUT2D eigenvalue weighted by atomic mass is 10.0. The number of halogens is 1. The van der Waals surface area contributed by atoms with E-state index in [0.29, 0.717) is 18.3 Å². The van der Waals surface area contributed by atoms with E-state index in [1.54, 1.807) is 0 Å². The van der Waals surface area contributed by atoms with Crippen molar-refractivity contribution in [3.05, 3.63) is 52.8 Å². The van der Waals surface area contributed by atoms with Gasteiger partial charge >= 0.3 is 5.97 Å². The maximum Gasteiger partial charge on any atom is 0.354 e. The van der Waals surface area contributed by atoms with Crippen LogP contribution in [0.25, 0.3) is 0 Å². The number of benzene rings is 1. The van der Waals surface area contributed by atoms with E-state index in [0.717, 1.165) is 42.7 Å². The molecule has 1 aromatic heterocycles. The molecule has 25 heavy (non-hydrogen) atoms. The number of likely N-dealkylation sites (tertiary alicyclic amines) is 1. The zero-order chi connectivity index (χ0) is 17.6. The van der Waals surface area contributed by atoms with Crippen LogP contribution in [0.1, 0.15) is 29.4 Å².